The standard InChI is InChI=1S/C24H26Cl2N2O5S/c1-4-34(30,31)18-12-19(24(26)27-14-18)20-15-28(2)23(29)13-22(20)33-10-6-5-7-16-11-17(25)8-9-21(16)32-3/h8-9,11-15H,4-7,10H2,1-3H3. The predicted molar refractivity (Wildman–Crippen MR) is 134 cm³/mol. The van der Waals surface area contributed by atoms with Gasteiger partial charge in [0.1, 0.15) is 16.7 Å². The van der Waals surface area contributed by atoms with Gasteiger partial charge >= 0.3 is 0 Å². The third-order valence-electron chi connectivity index (χ3n) is 5.37. The Bertz CT molecular complexity index is 1340. The zero-order valence-electron chi connectivity index (χ0n) is 19.2. The van der Waals surface area contributed by atoms with Crippen LogP contribution in [0.1, 0.15) is 25.3 Å². The predicted octanol–water partition coefficient (Wildman–Crippen LogP) is 4.96. The highest BCUT2D eigenvalue weighted by molar-refractivity contribution is 7.91. The molecule has 0 atom stereocenters. The maximum Gasteiger partial charge on any atom is 0.254 e. The van der Waals surface area contributed by atoms with Crippen molar-refractivity contribution in [1.82, 2.24) is 9.55 Å². The van der Waals surface area contributed by atoms with E-state index in [1.54, 1.807) is 33.3 Å². The first kappa shape index (κ1) is 26.1. The number of halogens is 2. The van der Waals surface area contributed by atoms with Crippen molar-refractivity contribution in [1.29, 1.82) is 0 Å². The first-order valence-corrected chi connectivity index (χ1v) is 13.1. The van der Waals surface area contributed by atoms with Gasteiger partial charge in [-0.15, -0.1) is 0 Å². The number of methoxy groups -OCH3 is 1. The number of benzene rings is 1. The van der Waals surface area contributed by atoms with Crippen LogP contribution < -0.4 is 15.0 Å². The molecule has 0 amide bonds. The highest BCUT2D eigenvalue weighted by Gasteiger charge is 2.19. The average Bonchev–Trinajstić information content (AvgIpc) is 2.81. The second-order valence-corrected chi connectivity index (χ2v) is 10.7. The van der Waals surface area contributed by atoms with Crippen molar-refractivity contribution < 1.29 is 17.9 Å². The molecule has 2 aromatic heterocycles. The minimum absolute atomic E-state index is 0.0599. The summed E-state index contributed by atoms with van der Waals surface area (Å²) in [6.07, 6.45) is 5.07. The lowest BCUT2D eigenvalue weighted by molar-refractivity contribution is 0.306. The van der Waals surface area contributed by atoms with E-state index in [0.29, 0.717) is 34.9 Å². The molecule has 0 saturated heterocycles. The molecule has 0 N–H and O–H groups in total. The van der Waals surface area contributed by atoms with Crippen LogP contribution in [0.15, 0.2) is 52.4 Å². The number of hydrogen-bond donors (Lipinski definition) is 0. The summed E-state index contributed by atoms with van der Waals surface area (Å²) in [5.74, 6) is 1.03. The first-order chi connectivity index (χ1) is 16.2. The van der Waals surface area contributed by atoms with Crippen LogP contribution in [0, 0.1) is 0 Å². The van der Waals surface area contributed by atoms with Gasteiger partial charge in [-0.2, -0.15) is 0 Å². The van der Waals surface area contributed by atoms with E-state index in [9.17, 15) is 13.2 Å². The van der Waals surface area contributed by atoms with E-state index in [-0.39, 0.29) is 21.4 Å². The van der Waals surface area contributed by atoms with Crippen molar-refractivity contribution in [3.8, 4) is 22.6 Å². The van der Waals surface area contributed by atoms with Gasteiger partial charge in [-0.25, -0.2) is 13.4 Å². The normalized spacial score (nSPS) is 11.4. The third-order valence-corrected chi connectivity index (χ3v) is 7.61. The molecular formula is C24H26Cl2N2O5S. The van der Waals surface area contributed by atoms with Gasteiger partial charge in [-0.3, -0.25) is 4.79 Å². The molecule has 3 rings (SSSR count). The van der Waals surface area contributed by atoms with Gasteiger partial charge in [-0.1, -0.05) is 30.1 Å². The quantitative estimate of drug-likeness (QED) is 0.275. The fraction of sp³-hybridized carbons (Fsp3) is 0.333. The smallest absolute Gasteiger partial charge is 0.254 e. The Labute approximate surface area is 209 Å². The highest BCUT2D eigenvalue weighted by atomic mass is 35.5. The van der Waals surface area contributed by atoms with Crippen LogP contribution in [0.25, 0.3) is 11.1 Å². The number of ether oxygens (including phenoxy) is 2. The van der Waals surface area contributed by atoms with Gasteiger partial charge in [0.2, 0.25) is 0 Å². The summed E-state index contributed by atoms with van der Waals surface area (Å²) in [4.78, 5) is 16.4. The lowest BCUT2D eigenvalue weighted by Gasteiger charge is -2.15. The summed E-state index contributed by atoms with van der Waals surface area (Å²) in [5, 5.41) is 0.765. The van der Waals surface area contributed by atoms with E-state index < -0.39 is 9.84 Å². The molecule has 0 spiro atoms. The van der Waals surface area contributed by atoms with Gasteiger partial charge in [0, 0.05) is 41.7 Å². The summed E-state index contributed by atoms with van der Waals surface area (Å²) in [5.41, 5.74) is 1.62. The van der Waals surface area contributed by atoms with Crippen LogP contribution in [0.4, 0.5) is 0 Å². The molecule has 0 saturated carbocycles. The number of hydrogen-bond acceptors (Lipinski definition) is 6. The second-order valence-electron chi connectivity index (χ2n) is 7.68. The van der Waals surface area contributed by atoms with Crippen LogP contribution in [0.3, 0.4) is 0 Å². The first-order valence-electron chi connectivity index (χ1n) is 10.7. The molecule has 0 aliphatic carbocycles. The number of sulfone groups is 1. The summed E-state index contributed by atoms with van der Waals surface area (Å²) in [7, 11) is -0.268. The third kappa shape index (κ3) is 6.11. The summed E-state index contributed by atoms with van der Waals surface area (Å²) >= 11 is 12.4. The fourth-order valence-corrected chi connectivity index (χ4v) is 4.67. The SMILES string of the molecule is CCS(=O)(=O)c1cnc(Cl)c(-c2cn(C)c(=O)cc2OCCCCc2cc(Cl)ccc2OC)c1. The van der Waals surface area contributed by atoms with E-state index in [0.717, 1.165) is 24.2 Å². The lowest BCUT2D eigenvalue weighted by Crippen LogP contribution is -2.16. The van der Waals surface area contributed by atoms with E-state index in [1.165, 1.54) is 22.9 Å². The molecule has 0 radical (unpaired) electrons. The van der Waals surface area contributed by atoms with Gasteiger partial charge in [-0.05, 0) is 49.1 Å². The van der Waals surface area contributed by atoms with Gasteiger partial charge in [0.15, 0.2) is 9.84 Å². The lowest BCUT2D eigenvalue weighted by atomic mass is 10.1. The van der Waals surface area contributed by atoms with Gasteiger partial charge in [0.05, 0.1) is 24.4 Å². The maximum absolute atomic E-state index is 12.3. The molecule has 7 nitrogen and oxygen atoms in total. The van der Waals surface area contributed by atoms with Crippen molar-refractivity contribution in [2.75, 3.05) is 19.5 Å². The zero-order valence-corrected chi connectivity index (χ0v) is 21.5. The number of nitrogens with zero attached hydrogens (tertiary/aromatic N) is 2. The molecule has 2 heterocycles. The Balaban J connectivity index is 1.79. The van der Waals surface area contributed by atoms with Crippen LogP contribution in [0.5, 0.6) is 11.5 Å². The molecule has 3 aromatic rings. The van der Waals surface area contributed by atoms with Crippen molar-refractivity contribution in [3.63, 3.8) is 0 Å². The van der Waals surface area contributed by atoms with Crippen molar-refractivity contribution in [3.05, 3.63) is 68.8 Å². The van der Waals surface area contributed by atoms with E-state index in [4.69, 9.17) is 32.7 Å². The van der Waals surface area contributed by atoms with Crippen LogP contribution in [-0.2, 0) is 23.3 Å². The molecule has 0 bridgehead atoms. The topological polar surface area (TPSA) is 87.5 Å². The molecule has 10 heteroatoms. The Kier molecular flexibility index (Phi) is 8.62. The Morgan fingerprint density at radius 3 is 2.53 bits per heavy atom. The van der Waals surface area contributed by atoms with E-state index >= 15 is 0 Å². The molecule has 0 aliphatic rings. The molecule has 182 valence electrons. The van der Waals surface area contributed by atoms with Crippen LogP contribution >= 0.6 is 23.2 Å². The van der Waals surface area contributed by atoms with Gasteiger partial charge in [0.25, 0.3) is 5.56 Å². The molecule has 0 unspecified atom stereocenters. The number of unbranched alkanes of at least 4 members (excludes halogenated alkanes) is 1. The van der Waals surface area contributed by atoms with Crippen molar-refractivity contribution in [2.45, 2.75) is 31.1 Å². The van der Waals surface area contributed by atoms with Crippen LogP contribution in [-0.4, -0.2) is 37.4 Å². The summed E-state index contributed by atoms with van der Waals surface area (Å²) < 4.78 is 37.4. The second kappa shape index (κ2) is 11.3. The molecular weight excluding hydrogens is 499 g/mol. The summed E-state index contributed by atoms with van der Waals surface area (Å²) in [6, 6.07) is 8.33. The Morgan fingerprint density at radius 2 is 1.82 bits per heavy atom. The maximum atomic E-state index is 12.3. The van der Waals surface area contributed by atoms with E-state index in [1.807, 2.05) is 12.1 Å². The number of pyridine rings is 2. The Morgan fingerprint density at radius 1 is 1.06 bits per heavy atom. The number of aromatic nitrogens is 2. The van der Waals surface area contributed by atoms with E-state index in [2.05, 4.69) is 4.98 Å². The zero-order chi connectivity index (χ0) is 24.9. The molecule has 34 heavy (non-hydrogen) atoms. The van der Waals surface area contributed by atoms with Gasteiger partial charge < -0.3 is 14.0 Å². The minimum Gasteiger partial charge on any atom is -0.496 e. The molecule has 0 aliphatic heterocycles. The number of aryl methyl sites for hydroxylation is 2. The van der Waals surface area contributed by atoms with Crippen LogP contribution in [0.2, 0.25) is 10.2 Å². The average molecular weight is 525 g/mol. The number of rotatable bonds is 10. The molecule has 1 aromatic carbocycles. The minimum atomic E-state index is -3.49. The molecule has 0 fully saturated rings. The summed E-state index contributed by atoms with van der Waals surface area (Å²) in [6.45, 7) is 1.91. The highest BCUT2D eigenvalue weighted by Crippen LogP contribution is 2.34. The fourth-order valence-electron chi connectivity index (χ4n) is 3.43. The van der Waals surface area contributed by atoms with Crippen molar-refractivity contribution in [2.24, 2.45) is 7.05 Å². The monoisotopic (exact) mass is 524 g/mol. The Hall–Kier alpha value is -2.55. The van der Waals surface area contributed by atoms with Crippen molar-refractivity contribution >= 4 is 33.0 Å². The largest absolute Gasteiger partial charge is 0.496 e.